The highest BCUT2D eigenvalue weighted by Gasteiger charge is 2.10. The van der Waals surface area contributed by atoms with Crippen molar-refractivity contribution in [2.24, 2.45) is 0 Å². The van der Waals surface area contributed by atoms with Crippen molar-refractivity contribution in [1.29, 1.82) is 0 Å². The van der Waals surface area contributed by atoms with Gasteiger partial charge in [0, 0.05) is 12.0 Å². The second kappa shape index (κ2) is 7.77. The van der Waals surface area contributed by atoms with E-state index >= 15 is 0 Å². The second-order valence-corrected chi connectivity index (χ2v) is 4.32. The largest absolute Gasteiger partial charge is 0.299 e. The molecule has 0 aromatic heterocycles. The fraction of sp³-hybridized carbons (Fsp3) is 0.467. The van der Waals surface area contributed by atoms with Gasteiger partial charge in [-0.05, 0) is 6.42 Å². The molecule has 92 valence electrons. The first-order valence-electron chi connectivity index (χ1n) is 6.34. The van der Waals surface area contributed by atoms with Crippen molar-refractivity contribution in [2.45, 2.75) is 45.4 Å². The lowest BCUT2D eigenvalue weighted by Crippen LogP contribution is -2.07. The number of rotatable bonds is 8. The van der Waals surface area contributed by atoms with Crippen LogP contribution < -0.4 is 0 Å². The Morgan fingerprint density at radius 2 is 1.71 bits per heavy atom. The topological polar surface area (TPSA) is 34.1 Å². The lowest BCUT2D eigenvalue weighted by molar-refractivity contribution is -0.118. The van der Waals surface area contributed by atoms with Gasteiger partial charge < -0.3 is 0 Å². The summed E-state index contributed by atoms with van der Waals surface area (Å²) < 4.78 is 0. The number of benzene rings is 1. The fourth-order valence-electron chi connectivity index (χ4n) is 1.74. The highest BCUT2D eigenvalue weighted by Crippen LogP contribution is 2.08. The number of carbonyl (C=O) groups is 2. The summed E-state index contributed by atoms with van der Waals surface area (Å²) in [6.45, 7) is 2.14. The van der Waals surface area contributed by atoms with Crippen LogP contribution >= 0.6 is 0 Å². The molecule has 0 spiro atoms. The fourth-order valence-corrected chi connectivity index (χ4v) is 1.74. The molecule has 0 aliphatic carbocycles. The number of ketones is 2. The molecular weight excluding hydrogens is 212 g/mol. The standard InChI is InChI=1S/C15H20O2/c1-2-3-4-8-11-14(16)12-15(17)13-9-6-5-7-10-13/h5-7,9-10H,2-4,8,11-12H2,1H3. The first-order chi connectivity index (χ1) is 8.24. The third-order valence-electron chi connectivity index (χ3n) is 2.76. The Balaban J connectivity index is 2.29. The van der Waals surface area contributed by atoms with Crippen molar-refractivity contribution < 1.29 is 9.59 Å². The molecule has 0 amide bonds. The SMILES string of the molecule is CCCCCCC(=O)CC(=O)c1ccccc1. The zero-order chi connectivity index (χ0) is 12.5. The van der Waals surface area contributed by atoms with Crippen LogP contribution in [0, 0.1) is 0 Å². The summed E-state index contributed by atoms with van der Waals surface area (Å²) in [6.07, 6.45) is 4.92. The molecule has 2 heteroatoms. The number of hydrogen-bond donors (Lipinski definition) is 0. The number of carbonyl (C=O) groups excluding carboxylic acids is 2. The molecule has 2 nitrogen and oxygen atoms in total. The Morgan fingerprint density at radius 1 is 1.00 bits per heavy atom. The summed E-state index contributed by atoms with van der Waals surface area (Å²) in [7, 11) is 0. The summed E-state index contributed by atoms with van der Waals surface area (Å²) in [5, 5.41) is 0. The average Bonchev–Trinajstić information content (AvgIpc) is 2.36. The molecule has 0 unspecified atom stereocenters. The van der Waals surface area contributed by atoms with Crippen LogP contribution in [0.1, 0.15) is 55.8 Å². The maximum atomic E-state index is 11.7. The Hall–Kier alpha value is -1.44. The van der Waals surface area contributed by atoms with Gasteiger partial charge in [-0.15, -0.1) is 0 Å². The van der Waals surface area contributed by atoms with Crippen molar-refractivity contribution in [3.8, 4) is 0 Å². The number of unbranched alkanes of at least 4 members (excludes halogenated alkanes) is 3. The minimum Gasteiger partial charge on any atom is -0.299 e. The van der Waals surface area contributed by atoms with E-state index in [0.717, 1.165) is 19.3 Å². The van der Waals surface area contributed by atoms with Crippen molar-refractivity contribution in [3.63, 3.8) is 0 Å². The first-order valence-corrected chi connectivity index (χ1v) is 6.34. The van der Waals surface area contributed by atoms with Gasteiger partial charge in [-0.2, -0.15) is 0 Å². The Morgan fingerprint density at radius 3 is 2.35 bits per heavy atom. The van der Waals surface area contributed by atoms with Gasteiger partial charge in [0.15, 0.2) is 5.78 Å². The number of hydrogen-bond acceptors (Lipinski definition) is 2. The summed E-state index contributed by atoms with van der Waals surface area (Å²) in [5.74, 6) is 0.000970. The van der Waals surface area contributed by atoms with Gasteiger partial charge in [0.2, 0.25) is 0 Å². The van der Waals surface area contributed by atoms with Crippen LogP contribution in [-0.4, -0.2) is 11.6 Å². The lowest BCUT2D eigenvalue weighted by Gasteiger charge is -2.01. The van der Waals surface area contributed by atoms with Crippen LogP contribution in [0.2, 0.25) is 0 Å². The smallest absolute Gasteiger partial charge is 0.170 e. The van der Waals surface area contributed by atoms with Gasteiger partial charge in [-0.3, -0.25) is 9.59 Å². The van der Waals surface area contributed by atoms with E-state index in [-0.39, 0.29) is 18.0 Å². The average molecular weight is 232 g/mol. The van der Waals surface area contributed by atoms with E-state index in [0.29, 0.717) is 12.0 Å². The highest BCUT2D eigenvalue weighted by molar-refractivity contribution is 6.07. The monoisotopic (exact) mass is 232 g/mol. The molecule has 1 aromatic carbocycles. The quantitative estimate of drug-likeness (QED) is 0.388. The zero-order valence-corrected chi connectivity index (χ0v) is 10.4. The molecule has 0 aliphatic rings. The van der Waals surface area contributed by atoms with E-state index in [1.807, 2.05) is 18.2 Å². The van der Waals surface area contributed by atoms with E-state index in [1.54, 1.807) is 12.1 Å². The molecular formula is C15H20O2. The van der Waals surface area contributed by atoms with E-state index in [4.69, 9.17) is 0 Å². The van der Waals surface area contributed by atoms with Crippen LogP contribution in [-0.2, 0) is 4.79 Å². The Bertz CT molecular complexity index is 354. The lowest BCUT2D eigenvalue weighted by atomic mass is 10.0. The van der Waals surface area contributed by atoms with Gasteiger partial charge in [0.1, 0.15) is 5.78 Å². The van der Waals surface area contributed by atoms with Gasteiger partial charge >= 0.3 is 0 Å². The Kier molecular flexibility index (Phi) is 6.23. The van der Waals surface area contributed by atoms with Crippen LogP contribution in [0.5, 0.6) is 0 Å². The predicted octanol–water partition coefficient (Wildman–Crippen LogP) is 3.80. The molecule has 0 heterocycles. The second-order valence-electron chi connectivity index (χ2n) is 4.32. The van der Waals surface area contributed by atoms with Crippen LogP contribution in [0.15, 0.2) is 30.3 Å². The van der Waals surface area contributed by atoms with Crippen LogP contribution in [0.4, 0.5) is 0 Å². The molecule has 1 aromatic rings. The Labute approximate surface area is 103 Å². The molecule has 0 bridgehead atoms. The third kappa shape index (κ3) is 5.43. The maximum Gasteiger partial charge on any atom is 0.170 e. The molecule has 1 rings (SSSR count). The predicted molar refractivity (Wildman–Crippen MR) is 69.2 cm³/mol. The molecule has 0 saturated carbocycles. The molecule has 0 N–H and O–H groups in total. The van der Waals surface area contributed by atoms with Crippen molar-refractivity contribution in [1.82, 2.24) is 0 Å². The first kappa shape index (κ1) is 13.6. The molecule has 0 aliphatic heterocycles. The zero-order valence-electron chi connectivity index (χ0n) is 10.4. The summed E-state index contributed by atoms with van der Waals surface area (Å²) >= 11 is 0. The third-order valence-corrected chi connectivity index (χ3v) is 2.76. The van der Waals surface area contributed by atoms with Crippen molar-refractivity contribution in [2.75, 3.05) is 0 Å². The van der Waals surface area contributed by atoms with Crippen LogP contribution in [0.3, 0.4) is 0 Å². The van der Waals surface area contributed by atoms with E-state index in [1.165, 1.54) is 6.42 Å². The van der Waals surface area contributed by atoms with E-state index in [2.05, 4.69) is 6.92 Å². The summed E-state index contributed by atoms with van der Waals surface area (Å²) in [5.41, 5.74) is 0.634. The molecule has 0 atom stereocenters. The van der Waals surface area contributed by atoms with Gasteiger partial charge in [0.05, 0.1) is 6.42 Å². The molecule has 0 fully saturated rings. The normalized spacial score (nSPS) is 10.2. The summed E-state index contributed by atoms with van der Waals surface area (Å²) in [4.78, 5) is 23.3. The minimum absolute atomic E-state index is 0.0517. The van der Waals surface area contributed by atoms with Gasteiger partial charge in [-0.25, -0.2) is 0 Å². The van der Waals surface area contributed by atoms with Crippen LogP contribution in [0.25, 0.3) is 0 Å². The van der Waals surface area contributed by atoms with Crippen molar-refractivity contribution >= 4 is 11.6 Å². The van der Waals surface area contributed by atoms with Crippen molar-refractivity contribution in [3.05, 3.63) is 35.9 Å². The maximum absolute atomic E-state index is 11.7. The summed E-state index contributed by atoms with van der Waals surface area (Å²) in [6, 6.07) is 9.01. The number of Topliss-reactive ketones (excluding diaryl/α,β-unsaturated/α-hetero) is 2. The molecule has 17 heavy (non-hydrogen) atoms. The van der Waals surface area contributed by atoms with Gasteiger partial charge in [-0.1, -0.05) is 56.5 Å². The van der Waals surface area contributed by atoms with E-state index in [9.17, 15) is 9.59 Å². The highest BCUT2D eigenvalue weighted by atomic mass is 16.1. The van der Waals surface area contributed by atoms with Gasteiger partial charge in [0.25, 0.3) is 0 Å². The van der Waals surface area contributed by atoms with E-state index < -0.39 is 0 Å². The molecule has 0 saturated heterocycles. The molecule has 0 radical (unpaired) electrons. The minimum atomic E-state index is -0.0638.